The molecular weight excluding hydrogens is 1850 g/mol. The van der Waals surface area contributed by atoms with Crippen molar-refractivity contribution in [2.45, 2.75) is 0 Å². The van der Waals surface area contributed by atoms with E-state index in [2.05, 4.69) is 84.1 Å². The lowest BCUT2D eigenvalue weighted by Gasteiger charge is -2.22. The van der Waals surface area contributed by atoms with Crippen molar-refractivity contribution in [3.05, 3.63) is 438 Å². The van der Waals surface area contributed by atoms with Gasteiger partial charge in [0.1, 0.15) is 75.1 Å². The van der Waals surface area contributed by atoms with Gasteiger partial charge >= 0.3 is 43.2 Å². The van der Waals surface area contributed by atoms with Gasteiger partial charge in [0.05, 0.1) is 23.7 Å². The summed E-state index contributed by atoms with van der Waals surface area (Å²) in [7, 11) is -6.61. The highest BCUT2D eigenvalue weighted by Gasteiger charge is 2.37. The minimum absolute atomic E-state index is 0.000000000000000444. The predicted octanol–water partition coefficient (Wildman–Crippen LogP) is 22.7. The van der Waals surface area contributed by atoms with Crippen LogP contribution in [0.3, 0.4) is 0 Å². The number of hydrogen-bond donors (Lipinski definition) is 3. The van der Waals surface area contributed by atoms with Crippen LogP contribution in [0.25, 0.3) is 22.8 Å². The van der Waals surface area contributed by atoms with Crippen LogP contribution in [0.2, 0.25) is 21.1 Å². The van der Waals surface area contributed by atoms with Crippen LogP contribution in [0.4, 0.5) is 26.3 Å². The molecular formula is C96H66BCl5F6N12O10P2. The lowest BCUT2D eigenvalue weighted by Crippen LogP contribution is -2.32. The standard InChI is InChI=1S/C33H22F2N3O3P.C21H13F2N3O2.C15H10ClN3O2.C12H10ClP.C6H5BF2O2.C6H6O.C3Cl3N3/c34-28-22-21-27(29(35)30(28)42(39,25-17-9-3-10-18-25)26-19-11-4-12-20-26)31-36-32(40-23-13-5-1-6-14-23)38-33(37-31)41-24-15-7-2-8-16-24;22-14-11-12-17(18(23)13-14)19-24-20(27-15-7-3-1-4-8-15)26-21(25-19)28-16-9-5-2-6-10-16;16-13-17-14(20-11-7-3-1-4-8-11)19-15(18-13)21-12-9-5-2-6-10-12;13-14(11-7-3-1-4-8-11)12-9-5-2-6-10-12;8-4-1-2-5(7(10)11)6(9)3-4;7-6-4-2-1-3-5-6;4-1-7-2(5)9-3(6)8-1/h1-22H;1-13H;1-10H;1-10H;1-3,10-11H;1-5,7H;. The van der Waals surface area contributed by atoms with Crippen molar-refractivity contribution < 1.29 is 74.5 Å². The number of hydrogen-bond acceptors (Lipinski definition) is 22. The first-order chi connectivity index (χ1) is 64.0. The van der Waals surface area contributed by atoms with Crippen molar-refractivity contribution in [1.29, 1.82) is 0 Å². The number of para-hydroxylation sites is 7. The number of nitrogens with zero attached hydrogens (tertiary/aromatic N) is 12. The molecule has 0 saturated carbocycles. The number of rotatable bonds is 20. The lowest BCUT2D eigenvalue weighted by atomic mass is 9.80. The Bertz CT molecular complexity index is 6440. The number of ether oxygens (including phenoxy) is 6. The van der Waals surface area contributed by atoms with Crippen LogP contribution in [-0.4, -0.2) is 82.1 Å². The Labute approximate surface area is 777 Å². The second-order valence-corrected chi connectivity index (χ2v) is 32.9. The van der Waals surface area contributed by atoms with E-state index in [4.69, 9.17) is 101 Å². The highest BCUT2D eigenvalue weighted by Crippen LogP contribution is 2.46. The Kier molecular flexibility index (Phi) is 36.0. The summed E-state index contributed by atoms with van der Waals surface area (Å²) in [4.78, 5) is 47.6. The molecule has 0 spiro atoms. The van der Waals surface area contributed by atoms with E-state index in [1.165, 1.54) is 22.7 Å². The van der Waals surface area contributed by atoms with Gasteiger partial charge < -0.3 is 48.1 Å². The van der Waals surface area contributed by atoms with Crippen LogP contribution in [0.15, 0.2) is 382 Å². The van der Waals surface area contributed by atoms with Gasteiger partial charge in [-0.05, 0) is 172 Å². The summed E-state index contributed by atoms with van der Waals surface area (Å²) in [6.45, 7) is 0. The van der Waals surface area contributed by atoms with Gasteiger partial charge in [0, 0.05) is 28.2 Å². The first-order valence-electron chi connectivity index (χ1n) is 38.9. The second kappa shape index (κ2) is 49.3. The fourth-order valence-corrected chi connectivity index (χ4v) is 16.5. The molecule has 22 nitrogen and oxygen atoms in total. The van der Waals surface area contributed by atoms with Gasteiger partial charge in [-0.3, -0.25) is 0 Å². The summed E-state index contributed by atoms with van der Waals surface area (Å²) in [5.74, 6) is -2.08. The minimum Gasteiger partial charge on any atom is -0.508 e. The van der Waals surface area contributed by atoms with Crippen LogP contribution >= 0.6 is 72.1 Å². The van der Waals surface area contributed by atoms with Crippen LogP contribution < -0.4 is 60.4 Å². The minimum atomic E-state index is -4.02. The quantitative estimate of drug-likeness (QED) is 0.0363. The zero-order valence-electron chi connectivity index (χ0n) is 68.1. The molecule has 0 unspecified atom stereocenters. The lowest BCUT2D eigenvalue weighted by molar-refractivity contribution is 0.397. The normalized spacial score (nSPS) is 10.4. The highest BCUT2D eigenvalue weighted by molar-refractivity contribution is 7.95. The summed E-state index contributed by atoms with van der Waals surface area (Å²) < 4.78 is 133. The highest BCUT2D eigenvalue weighted by atomic mass is 35.7. The molecule has 3 N–H and O–H groups in total. The number of aromatic nitrogens is 12. The SMILES string of the molecule is ClP(c1ccccc1)c1ccccc1.Clc1nc(Cl)nc(Cl)n1.Clc1nc(Oc2ccccc2)nc(Oc2ccccc2)n1.Fc1ccc(-c2nc(Oc3ccccc3)nc(Oc3ccccc3)n2)c(F)c1.O=P(c1ccccc1)(c1ccccc1)c1c(F)ccc(-c2nc(Oc3ccccc3)nc(Oc3ccccc3)n2)c1F.OB(O)c1ccc(F)cc1F.Oc1ccccc1. The first-order valence-corrected chi connectivity index (χ1v) is 44.3. The molecule has 0 aliphatic heterocycles. The molecule has 18 aromatic rings. The summed E-state index contributed by atoms with van der Waals surface area (Å²) >= 11 is 28.2. The Balaban J connectivity index is 0.000000151. The van der Waals surface area contributed by atoms with E-state index in [0.29, 0.717) is 46.3 Å². The Hall–Kier alpha value is -14.6. The molecule has 132 heavy (non-hydrogen) atoms. The van der Waals surface area contributed by atoms with Crippen molar-refractivity contribution in [1.82, 2.24) is 59.8 Å². The molecule has 0 saturated heterocycles. The fourth-order valence-electron chi connectivity index (χ4n) is 11.1. The van der Waals surface area contributed by atoms with Gasteiger partial charge in [0.15, 0.2) is 18.8 Å². The maximum Gasteiger partial charge on any atom is 0.491 e. The van der Waals surface area contributed by atoms with Gasteiger partial charge in [-0.25, -0.2) is 26.3 Å². The Morgan fingerprint density at radius 2 is 0.553 bits per heavy atom. The summed E-state index contributed by atoms with van der Waals surface area (Å²) in [6, 6.07) is 107. The monoisotopic (exact) mass is 1910 g/mol. The molecule has 0 fully saturated rings. The van der Waals surface area contributed by atoms with E-state index in [9.17, 15) is 22.1 Å². The number of aromatic hydroxyl groups is 1. The number of benzene rings is 14. The number of phenols is 1. The van der Waals surface area contributed by atoms with E-state index >= 15 is 8.78 Å². The predicted molar refractivity (Wildman–Crippen MR) is 498 cm³/mol. The van der Waals surface area contributed by atoms with E-state index in [-0.39, 0.29) is 96.0 Å². The van der Waals surface area contributed by atoms with Crippen LogP contribution in [0.1, 0.15) is 0 Å². The molecule has 0 amide bonds. The van der Waals surface area contributed by atoms with Gasteiger partial charge in [0.2, 0.25) is 21.1 Å². The third-order valence-electron chi connectivity index (χ3n) is 17.0. The maximum absolute atomic E-state index is 16.6. The smallest absolute Gasteiger partial charge is 0.491 e. The molecule has 0 aliphatic rings. The largest absolute Gasteiger partial charge is 0.508 e. The molecule has 0 radical (unpaired) electrons. The maximum atomic E-state index is 16.6. The molecule has 18 rings (SSSR count). The molecule has 4 heterocycles. The second-order valence-electron chi connectivity index (χ2n) is 26.2. The zero-order valence-corrected chi connectivity index (χ0v) is 73.6. The third-order valence-corrected chi connectivity index (χ3v) is 23.5. The third kappa shape index (κ3) is 29.5. The molecule has 4 aromatic heterocycles. The molecule has 36 heteroatoms. The number of phenolic OH excluding ortho intramolecular Hbond substituents is 1. The van der Waals surface area contributed by atoms with E-state index in [1.54, 1.807) is 206 Å². The molecule has 0 aliphatic carbocycles. The average molecular weight is 1910 g/mol. The van der Waals surface area contributed by atoms with E-state index in [0.717, 1.165) is 30.3 Å². The average Bonchev–Trinajstić information content (AvgIpc) is 0.738. The summed E-state index contributed by atoms with van der Waals surface area (Å²) in [6.07, 6.45) is 0. The first kappa shape index (κ1) is 96.5. The van der Waals surface area contributed by atoms with E-state index < -0.39 is 61.7 Å². The molecule has 0 bridgehead atoms. The van der Waals surface area contributed by atoms with E-state index in [1.807, 2.05) is 103 Å². The van der Waals surface area contributed by atoms with Crippen molar-refractivity contribution in [2.24, 2.45) is 0 Å². The Morgan fingerprint density at radius 1 is 0.288 bits per heavy atom. The van der Waals surface area contributed by atoms with Gasteiger partial charge in [-0.15, -0.1) is 15.0 Å². The van der Waals surface area contributed by atoms with Crippen molar-refractivity contribution in [3.8, 4) is 99.1 Å². The summed E-state index contributed by atoms with van der Waals surface area (Å²) in [5, 5.41) is 28.0. The Morgan fingerprint density at radius 3 is 0.848 bits per heavy atom. The van der Waals surface area contributed by atoms with Crippen molar-refractivity contribution >= 4 is 111 Å². The number of halogens is 11. The van der Waals surface area contributed by atoms with Crippen LogP contribution in [0, 0.1) is 34.9 Å². The van der Waals surface area contributed by atoms with Crippen molar-refractivity contribution in [3.63, 3.8) is 0 Å². The molecule has 660 valence electrons. The van der Waals surface area contributed by atoms with Gasteiger partial charge in [-0.2, -0.15) is 44.9 Å². The van der Waals surface area contributed by atoms with Crippen LogP contribution in [0.5, 0.6) is 76.3 Å². The summed E-state index contributed by atoms with van der Waals surface area (Å²) in [5.41, 5.74) is -0.525. The van der Waals surface area contributed by atoms with Crippen molar-refractivity contribution in [2.75, 3.05) is 0 Å². The molecule has 14 aromatic carbocycles. The van der Waals surface area contributed by atoms with Gasteiger partial charge in [0.25, 0.3) is 0 Å². The van der Waals surface area contributed by atoms with Gasteiger partial charge in [-0.1, -0.05) is 266 Å². The molecule has 0 atom stereocenters. The topological polar surface area (TPSA) is 288 Å². The fraction of sp³-hybridized carbons (Fsp3) is 0. The van der Waals surface area contributed by atoms with Crippen LogP contribution in [-0.2, 0) is 4.57 Å². The zero-order chi connectivity index (χ0) is 93.0.